The highest BCUT2D eigenvalue weighted by Crippen LogP contribution is 2.37. The van der Waals surface area contributed by atoms with Crippen molar-refractivity contribution in [3.63, 3.8) is 0 Å². The molecule has 4 atom stereocenters. The molecule has 2 heterocycles. The molecular weight excluding hydrogens is 352 g/mol. The molecule has 0 aromatic carbocycles. The Balaban J connectivity index is 1.55. The molecule has 0 N–H and O–H groups in total. The van der Waals surface area contributed by atoms with Gasteiger partial charge in [0.15, 0.2) is 0 Å². The molecule has 0 spiro atoms. The zero-order valence-electron chi connectivity index (χ0n) is 16.3. The molecule has 25 heavy (non-hydrogen) atoms. The molecule has 2 saturated heterocycles. The highest BCUT2D eigenvalue weighted by Gasteiger charge is 2.36. The van der Waals surface area contributed by atoms with Crippen LogP contribution in [0.1, 0.15) is 90.9 Å². The fourth-order valence-corrected chi connectivity index (χ4v) is 5.23. The van der Waals surface area contributed by atoms with E-state index in [1.807, 2.05) is 0 Å². The third-order valence-electron chi connectivity index (χ3n) is 5.06. The first-order chi connectivity index (χ1) is 12.3. The lowest BCUT2D eigenvalue weighted by Gasteiger charge is -2.16. The zero-order valence-corrected chi connectivity index (χ0v) is 17.9. The van der Waals surface area contributed by atoms with Crippen LogP contribution in [0.15, 0.2) is 0 Å². The molecule has 0 bridgehead atoms. The van der Waals surface area contributed by atoms with Gasteiger partial charge in [-0.1, -0.05) is 78.1 Å². The summed E-state index contributed by atoms with van der Waals surface area (Å²) in [6.07, 6.45) is 16.7. The molecule has 0 amide bonds. The third kappa shape index (κ3) is 10.5. The van der Waals surface area contributed by atoms with Crippen LogP contribution in [0.5, 0.6) is 0 Å². The summed E-state index contributed by atoms with van der Waals surface area (Å²) in [6, 6.07) is 0. The molecule has 0 saturated carbocycles. The van der Waals surface area contributed by atoms with Gasteiger partial charge in [0.25, 0.3) is 0 Å². The van der Waals surface area contributed by atoms with Crippen molar-refractivity contribution in [1.82, 2.24) is 0 Å². The van der Waals surface area contributed by atoms with Crippen molar-refractivity contribution < 1.29 is 13.1 Å². The van der Waals surface area contributed by atoms with Crippen LogP contribution in [0.2, 0.25) is 0 Å². The van der Waals surface area contributed by atoms with Crippen LogP contribution in [-0.2, 0) is 13.1 Å². The van der Waals surface area contributed by atoms with Gasteiger partial charge in [-0.25, -0.2) is 3.63 Å². The predicted octanol–water partition coefficient (Wildman–Crippen LogP) is 6.56. The molecule has 148 valence electrons. The van der Waals surface area contributed by atoms with Crippen molar-refractivity contribution in [3.8, 4) is 0 Å². The van der Waals surface area contributed by atoms with Crippen LogP contribution in [0.25, 0.3) is 0 Å². The van der Waals surface area contributed by atoms with Gasteiger partial charge in [0.05, 0.1) is 35.9 Å². The lowest BCUT2D eigenvalue weighted by Crippen LogP contribution is -2.14. The van der Waals surface area contributed by atoms with E-state index in [1.54, 1.807) is 24.1 Å². The molecule has 0 aromatic rings. The molecule has 0 aliphatic carbocycles. The van der Waals surface area contributed by atoms with Crippen LogP contribution in [-0.4, -0.2) is 35.9 Å². The van der Waals surface area contributed by atoms with E-state index in [1.165, 1.54) is 77.0 Å². The molecule has 2 fully saturated rings. The van der Waals surface area contributed by atoms with Crippen molar-refractivity contribution >= 4 is 24.1 Å². The van der Waals surface area contributed by atoms with Gasteiger partial charge in [0.2, 0.25) is 0 Å². The zero-order chi connectivity index (χ0) is 17.7. The smallest absolute Gasteiger partial charge is 0.0950 e. The van der Waals surface area contributed by atoms with Gasteiger partial charge in [-0.3, -0.25) is 0 Å². The van der Waals surface area contributed by atoms with Crippen molar-refractivity contribution in [2.75, 3.05) is 13.2 Å². The Kier molecular flexibility index (Phi) is 12.0. The second-order valence-electron chi connectivity index (χ2n) is 7.49. The summed E-state index contributed by atoms with van der Waals surface area (Å²) in [5.41, 5.74) is 0. The van der Waals surface area contributed by atoms with Gasteiger partial charge in [0, 0.05) is 24.1 Å². The normalized spacial score (nSPS) is 24.2. The molecule has 0 aromatic heterocycles. The van der Waals surface area contributed by atoms with E-state index in [2.05, 4.69) is 13.8 Å². The molecule has 2 aliphatic rings. The molecule has 0 radical (unpaired) electrons. The lowest BCUT2D eigenvalue weighted by molar-refractivity contribution is 0.387. The highest BCUT2D eigenvalue weighted by molar-refractivity contribution is 8.08. The fourth-order valence-electron chi connectivity index (χ4n) is 3.15. The van der Waals surface area contributed by atoms with Gasteiger partial charge in [0.1, 0.15) is 0 Å². The number of unbranched alkanes of at least 4 members (excludes halogenated alkanes) is 8. The number of ether oxygens (including phenoxy) is 2. The monoisotopic (exact) mass is 390 g/mol. The lowest BCUT2D eigenvalue weighted by atomic mass is 10.1. The van der Waals surface area contributed by atoms with Gasteiger partial charge in [-0.05, 0) is 12.8 Å². The van der Waals surface area contributed by atoms with Crippen LogP contribution in [0.4, 0.5) is 0 Å². The van der Waals surface area contributed by atoms with Crippen molar-refractivity contribution in [2.24, 2.45) is 0 Å². The second-order valence-corrected chi connectivity index (χ2v) is 9.63. The third-order valence-corrected chi connectivity index (χ3v) is 7.26. The summed E-state index contributed by atoms with van der Waals surface area (Å²) in [5.74, 6) is 0. The number of epoxide rings is 2. The largest absolute Gasteiger partial charge is 0.372 e. The number of hydrogen-bond acceptors (Lipinski definition) is 5. The number of hydrogen-bond donors (Lipinski definition) is 0. The fraction of sp³-hybridized carbons (Fsp3) is 1.00. The average molecular weight is 391 g/mol. The topological polar surface area (TPSA) is 34.3 Å². The SMILES string of the molecule is CCCCCCCC(SOSC(CCCCCCC)C1CO1)C1CO1. The average Bonchev–Trinajstić information content (AvgIpc) is 3.49. The van der Waals surface area contributed by atoms with Crippen molar-refractivity contribution in [1.29, 1.82) is 0 Å². The van der Waals surface area contributed by atoms with E-state index in [-0.39, 0.29) is 0 Å². The standard InChI is InChI=1S/C20H38O3S2/c1-3-5-7-9-11-13-19(17-15-21-17)24-23-25-20(18-16-22-18)14-12-10-8-6-4-2/h17-20H,3-16H2,1-2H3. The second kappa shape index (κ2) is 13.7. The first-order valence-corrected chi connectivity index (χ1v) is 12.2. The van der Waals surface area contributed by atoms with Crippen LogP contribution in [0.3, 0.4) is 0 Å². The molecular formula is C20H38O3S2. The van der Waals surface area contributed by atoms with Crippen molar-refractivity contribution in [3.05, 3.63) is 0 Å². The molecule has 3 nitrogen and oxygen atoms in total. The summed E-state index contributed by atoms with van der Waals surface area (Å²) < 4.78 is 17.1. The van der Waals surface area contributed by atoms with E-state index in [0.717, 1.165) is 13.2 Å². The van der Waals surface area contributed by atoms with E-state index < -0.39 is 0 Å². The Hall–Kier alpha value is 0.580. The van der Waals surface area contributed by atoms with Gasteiger partial charge < -0.3 is 9.47 Å². The maximum absolute atomic E-state index is 5.99. The minimum atomic E-state index is 0.432. The quantitative estimate of drug-likeness (QED) is 0.150. The summed E-state index contributed by atoms with van der Waals surface area (Å²) in [6.45, 7) is 6.39. The Morgan fingerprint density at radius 1 is 0.720 bits per heavy atom. The first kappa shape index (κ1) is 21.9. The maximum Gasteiger partial charge on any atom is 0.0950 e. The van der Waals surface area contributed by atoms with Gasteiger partial charge >= 0.3 is 0 Å². The molecule has 4 unspecified atom stereocenters. The van der Waals surface area contributed by atoms with E-state index in [9.17, 15) is 0 Å². The molecule has 5 heteroatoms. The van der Waals surface area contributed by atoms with Crippen LogP contribution in [0, 0.1) is 0 Å². The highest BCUT2D eigenvalue weighted by atomic mass is 32.2. The van der Waals surface area contributed by atoms with Crippen molar-refractivity contribution in [2.45, 2.75) is 114 Å². The molecule has 2 aliphatic heterocycles. The maximum atomic E-state index is 5.99. The van der Waals surface area contributed by atoms with E-state index in [4.69, 9.17) is 13.1 Å². The van der Waals surface area contributed by atoms with Gasteiger partial charge in [-0.2, -0.15) is 0 Å². The Bertz CT molecular complexity index is 292. The number of rotatable bonds is 18. The first-order valence-electron chi connectivity index (χ1n) is 10.6. The van der Waals surface area contributed by atoms with Crippen LogP contribution >= 0.6 is 24.1 Å². The minimum Gasteiger partial charge on any atom is -0.372 e. The Labute approximate surface area is 164 Å². The molecule has 2 rings (SSSR count). The minimum absolute atomic E-state index is 0.432. The Morgan fingerprint density at radius 2 is 1.12 bits per heavy atom. The van der Waals surface area contributed by atoms with E-state index >= 15 is 0 Å². The summed E-state index contributed by atoms with van der Waals surface area (Å²) in [4.78, 5) is 0. The summed E-state index contributed by atoms with van der Waals surface area (Å²) in [7, 11) is 0. The van der Waals surface area contributed by atoms with Gasteiger partial charge in [-0.15, -0.1) is 0 Å². The Morgan fingerprint density at radius 3 is 1.48 bits per heavy atom. The summed E-state index contributed by atoms with van der Waals surface area (Å²) >= 11 is 3.32. The van der Waals surface area contributed by atoms with Crippen LogP contribution < -0.4 is 0 Å². The predicted molar refractivity (Wildman–Crippen MR) is 110 cm³/mol. The summed E-state index contributed by atoms with van der Waals surface area (Å²) in [5, 5.41) is 1.03. The van der Waals surface area contributed by atoms with E-state index in [0.29, 0.717) is 22.7 Å².